The van der Waals surface area contributed by atoms with E-state index in [-0.39, 0.29) is 10.8 Å². The monoisotopic (exact) mass is 440 g/mol. The second-order valence-corrected chi connectivity index (χ2v) is 9.05. The van der Waals surface area contributed by atoms with Crippen molar-refractivity contribution in [2.45, 2.75) is 24.8 Å². The predicted octanol–water partition coefficient (Wildman–Crippen LogP) is 3.32. The van der Waals surface area contributed by atoms with E-state index < -0.39 is 34.5 Å². The molecular weight excluding hydrogens is 416 g/mol. The first-order valence-corrected chi connectivity index (χ1v) is 11.3. The molecule has 0 saturated carbocycles. The lowest BCUT2D eigenvalue weighted by atomic mass is 10.1. The first kappa shape index (κ1) is 22.5. The van der Waals surface area contributed by atoms with Crippen LogP contribution < -0.4 is 10.0 Å². The standard InChI is InChI=1S/C23H24N2O5S/c1-16(2)22(25-31(28,29)18-11-4-3-5-12-18)23(27)30-15-21(26)24-20-14-8-10-17-9-6-7-13-19(17)20/h3-14,16,22,25H,15H2,1-2H3,(H,24,26)/t22-/m1/s1. The smallest absolute Gasteiger partial charge is 0.324 e. The van der Waals surface area contributed by atoms with Gasteiger partial charge in [0.15, 0.2) is 6.61 Å². The molecule has 0 heterocycles. The highest BCUT2D eigenvalue weighted by Crippen LogP contribution is 2.22. The van der Waals surface area contributed by atoms with Crippen molar-refractivity contribution in [3.63, 3.8) is 0 Å². The van der Waals surface area contributed by atoms with E-state index in [4.69, 9.17) is 4.74 Å². The number of ether oxygens (including phenoxy) is 1. The molecule has 162 valence electrons. The normalized spacial score (nSPS) is 12.5. The molecule has 1 atom stereocenters. The molecule has 0 spiro atoms. The van der Waals surface area contributed by atoms with Crippen molar-refractivity contribution in [1.82, 2.24) is 4.72 Å². The summed E-state index contributed by atoms with van der Waals surface area (Å²) in [5, 5.41) is 4.55. The second-order valence-electron chi connectivity index (χ2n) is 7.34. The van der Waals surface area contributed by atoms with E-state index in [0.717, 1.165) is 10.8 Å². The Morgan fingerprint density at radius 2 is 1.55 bits per heavy atom. The van der Waals surface area contributed by atoms with Crippen LogP contribution in [0.5, 0.6) is 0 Å². The van der Waals surface area contributed by atoms with Crippen LogP contribution in [0.4, 0.5) is 5.69 Å². The van der Waals surface area contributed by atoms with Crippen molar-refractivity contribution in [1.29, 1.82) is 0 Å². The first-order valence-electron chi connectivity index (χ1n) is 9.79. The van der Waals surface area contributed by atoms with E-state index in [9.17, 15) is 18.0 Å². The van der Waals surface area contributed by atoms with Gasteiger partial charge < -0.3 is 10.1 Å². The molecule has 0 bridgehead atoms. The molecule has 0 aliphatic heterocycles. The van der Waals surface area contributed by atoms with Crippen molar-refractivity contribution in [2.75, 3.05) is 11.9 Å². The molecule has 0 unspecified atom stereocenters. The number of nitrogens with one attached hydrogen (secondary N) is 2. The summed E-state index contributed by atoms with van der Waals surface area (Å²) >= 11 is 0. The number of amides is 1. The van der Waals surface area contributed by atoms with Gasteiger partial charge in [0, 0.05) is 11.1 Å². The summed E-state index contributed by atoms with van der Waals surface area (Å²) in [6.07, 6.45) is 0. The molecule has 3 rings (SSSR count). The van der Waals surface area contributed by atoms with E-state index in [1.807, 2.05) is 36.4 Å². The number of anilines is 1. The number of sulfonamides is 1. The average Bonchev–Trinajstić information content (AvgIpc) is 2.76. The fraction of sp³-hybridized carbons (Fsp3) is 0.217. The quantitative estimate of drug-likeness (QED) is 0.523. The SMILES string of the molecule is CC(C)[C@@H](NS(=O)(=O)c1ccccc1)C(=O)OCC(=O)Nc1cccc2ccccc12. The average molecular weight is 441 g/mol. The van der Waals surface area contributed by atoms with Gasteiger partial charge in [-0.1, -0.05) is 68.4 Å². The maximum Gasteiger partial charge on any atom is 0.324 e. The van der Waals surface area contributed by atoms with Crippen LogP contribution in [-0.4, -0.2) is 32.9 Å². The van der Waals surface area contributed by atoms with Crippen molar-refractivity contribution < 1.29 is 22.7 Å². The molecule has 3 aromatic carbocycles. The van der Waals surface area contributed by atoms with E-state index in [1.54, 1.807) is 38.1 Å². The lowest BCUT2D eigenvalue weighted by molar-refractivity contribution is -0.150. The molecule has 3 aromatic rings. The minimum atomic E-state index is -3.91. The maximum absolute atomic E-state index is 12.6. The van der Waals surface area contributed by atoms with Crippen molar-refractivity contribution in [2.24, 2.45) is 5.92 Å². The van der Waals surface area contributed by atoms with Crippen molar-refractivity contribution >= 4 is 38.4 Å². The highest BCUT2D eigenvalue weighted by atomic mass is 32.2. The summed E-state index contributed by atoms with van der Waals surface area (Å²) in [4.78, 5) is 24.9. The van der Waals surface area contributed by atoms with E-state index in [1.165, 1.54) is 12.1 Å². The number of benzene rings is 3. The Kier molecular flexibility index (Phi) is 7.04. The van der Waals surface area contributed by atoms with E-state index in [2.05, 4.69) is 10.0 Å². The summed E-state index contributed by atoms with van der Waals surface area (Å²) in [6, 6.07) is 19.7. The van der Waals surface area contributed by atoms with Crippen LogP contribution in [0, 0.1) is 5.92 Å². The van der Waals surface area contributed by atoms with Gasteiger partial charge in [-0.25, -0.2) is 8.42 Å². The fourth-order valence-corrected chi connectivity index (χ4v) is 4.39. The van der Waals surface area contributed by atoms with Gasteiger partial charge in [0.25, 0.3) is 5.91 Å². The van der Waals surface area contributed by atoms with Crippen LogP contribution in [0.1, 0.15) is 13.8 Å². The van der Waals surface area contributed by atoms with Crippen LogP contribution in [-0.2, 0) is 24.3 Å². The van der Waals surface area contributed by atoms with Gasteiger partial charge >= 0.3 is 5.97 Å². The third-order valence-corrected chi connectivity index (χ3v) is 6.12. The number of fused-ring (bicyclic) bond motifs is 1. The number of hydrogen-bond acceptors (Lipinski definition) is 5. The molecule has 0 radical (unpaired) electrons. The topological polar surface area (TPSA) is 102 Å². The Labute approximate surface area is 181 Å². The predicted molar refractivity (Wildman–Crippen MR) is 119 cm³/mol. The Hall–Kier alpha value is -3.23. The highest BCUT2D eigenvalue weighted by Gasteiger charge is 2.30. The lowest BCUT2D eigenvalue weighted by Crippen LogP contribution is -2.45. The van der Waals surface area contributed by atoms with Crippen LogP contribution in [0.15, 0.2) is 77.7 Å². The third-order valence-electron chi connectivity index (χ3n) is 4.67. The summed E-state index contributed by atoms with van der Waals surface area (Å²) < 4.78 is 32.6. The molecule has 31 heavy (non-hydrogen) atoms. The zero-order valence-corrected chi connectivity index (χ0v) is 18.1. The first-order chi connectivity index (χ1) is 14.8. The molecule has 2 N–H and O–H groups in total. The molecule has 8 heteroatoms. The van der Waals surface area contributed by atoms with Gasteiger partial charge in [-0.15, -0.1) is 0 Å². The second kappa shape index (κ2) is 9.72. The number of rotatable bonds is 8. The molecule has 7 nitrogen and oxygen atoms in total. The molecule has 0 saturated heterocycles. The Morgan fingerprint density at radius 1 is 0.903 bits per heavy atom. The molecule has 0 aliphatic carbocycles. The van der Waals surface area contributed by atoms with Crippen molar-refractivity contribution in [3.05, 3.63) is 72.8 Å². The minimum Gasteiger partial charge on any atom is -0.454 e. The molecular formula is C23H24N2O5S. The number of hydrogen-bond donors (Lipinski definition) is 2. The van der Waals surface area contributed by atoms with Gasteiger partial charge in [0.05, 0.1) is 4.90 Å². The van der Waals surface area contributed by atoms with Crippen LogP contribution in [0.25, 0.3) is 10.8 Å². The maximum atomic E-state index is 12.6. The van der Waals surface area contributed by atoms with Gasteiger partial charge in [-0.05, 0) is 29.5 Å². The van der Waals surface area contributed by atoms with Gasteiger partial charge in [0.1, 0.15) is 6.04 Å². The zero-order valence-electron chi connectivity index (χ0n) is 17.2. The molecule has 0 aliphatic rings. The van der Waals surface area contributed by atoms with Crippen LogP contribution in [0.3, 0.4) is 0 Å². The summed E-state index contributed by atoms with van der Waals surface area (Å²) in [6.45, 7) is 2.85. The van der Waals surface area contributed by atoms with Crippen LogP contribution in [0.2, 0.25) is 0 Å². The van der Waals surface area contributed by atoms with Crippen LogP contribution >= 0.6 is 0 Å². The highest BCUT2D eigenvalue weighted by molar-refractivity contribution is 7.89. The minimum absolute atomic E-state index is 0.0437. The number of esters is 1. The summed E-state index contributed by atoms with van der Waals surface area (Å²) in [5.41, 5.74) is 0.601. The van der Waals surface area contributed by atoms with E-state index in [0.29, 0.717) is 5.69 Å². The lowest BCUT2D eigenvalue weighted by Gasteiger charge is -2.20. The summed E-state index contributed by atoms with van der Waals surface area (Å²) in [5.74, 6) is -1.71. The Morgan fingerprint density at radius 3 is 2.26 bits per heavy atom. The fourth-order valence-electron chi connectivity index (χ4n) is 3.04. The Balaban J connectivity index is 1.64. The molecule has 0 aromatic heterocycles. The Bertz CT molecular complexity index is 1170. The number of carbonyl (C=O) groups is 2. The van der Waals surface area contributed by atoms with Gasteiger partial charge in [-0.2, -0.15) is 4.72 Å². The third kappa shape index (κ3) is 5.68. The summed E-state index contributed by atoms with van der Waals surface area (Å²) in [7, 11) is -3.91. The van der Waals surface area contributed by atoms with E-state index >= 15 is 0 Å². The van der Waals surface area contributed by atoms with Crippen molar-refractivity contribution in [3.8, 4) is 0 Å². The number of carbonyl (C=O) groups excluding carboxylic acids is 2. The molecule has 0 fully saturated rings. The molecule has 1 amide bonds. The zero-order chi connectivity index (χ0) is 22.4. The largest absolute Gasteiger partial charge is 0.454 e. The van der Waals surface area contributed by atoms with Gasteiger partial charge in [-0.3, -0.25) is 9.59 Å². The van der Waals surface area contributed by atoms with Gasteiger partial charge in [0.2, 0.25) is 10.0 Å².